The molecule has 1 aromatic carbocycles. The van der Waals surface area contributed by atoms with Gasteiger partial charge in [-0.05, 0) is 12.1 Å². The summed E-state index contributed by atoms with van der Waals surface area (Å²) in [7, 11) is 0. The lowest BCUT2D eigenvalue weighted by molar-refractivity contribution is -0.149. The number of carboxylic acids is 1. The first-order valence-corrected chi connectivity index (χ1v) is 6.03. The van der Waals surface area contributed by atoms with Crippen molar-refractivity contribution in [3.63, 3.8) is 0 Å². The van der Waals surface area contributed by atoms with Gasteiger partial charge in [0.2, 0.25) is 5.67 Å². The number of hydrogen-bond acceptors (Lipinski definition) is 2. The number of amides is 1. The van der Waals surface area contributed by atoms with E-state index in [1.165, 1.54) is 6.07 Å². The molecular weight excluding hydrogens is 294 g/mol. The second-order valence-electron chi connectivity index (χ2n) is 4.79. The molecule has 1 unspecified atom stereocenters. The maximum absolute atomic E-state index is 13.9. The van der Waals surface area contributed by atoms with Gasteiger partial charge in [0.1, 0.15) is 0 Å². The van der Waals surface area contributed by atoms with Crippen LogP contribution in [0.4, 0.5) is 17.6 Å². The summed E-state index contributed by atoms with van der Waals surface area (Å²) in [6.45, 7) is -0.999. The minimum atomic E-state index is -4.72. The Morgan fingerprint density at radius 1 is 1.24 bits per heavy atom. The summed E-state index contributed by atoms with van der Waals surface area (Å²) in [6.07, 6.45) is -5.16. The summed E-state index contributed by atoms with van der Waals surface area (Å²) in [5, 5.41) is 8.73. The van der Waals surface area contributed by atoms with Crippen molar-refractivity contribution in [2.75, 3.05) is 13.1 Å². The third-order valence-electron chi connectivity index (χ3n) is 3.35. The van der Waals surface area contributed by atoms with E-state index in [1.807, 2.05) is 0 Å². The number of rotatable bonds is 2. The highest BCUT2D eigenvalue weighted by molar-refractivity contribution is 5.96. The molecule has 1 amide bonds. The summed E-state index contributed by atoms with van der Waals surface area (Å²) >= 11 is 0. The second-order valence-corrected chi connectivity index (χ2v) is 4.79. The Labute approximate surface area is 117 Å². The van der Waals surface area contributed by atoms with Crippen molar-refractivity contribution in [1.82, 2.24) is 4.90 Å². The van der Waals surface area contributed by atoms with Gasteiger partial charge in [-0.1, -0.05) is 12.1 Å². The van der Waals surface area contributed by atoms with Crippen LogP contribution in [-0.4, -0.2) is 40.6 Å². The van der Waals surface area contributed by atoms with Gasteiger partial charge in [0.15, 0.2) is 0 Å². The number of halogens is 4. The molecule has 1 saturated heterocycles. The predicted octanol–water partition coefficient (Wildman–Crippen LogP) is 2.34. The molecule has 1 atom stereocenters. The fourth-order valence-electron chi connectivity index (χ4n) is 2.21. The highest BCUT2D eigenvalue weighted by Gasteiger charge is 2.47. The van der Waals surface area contributed by atoms with Crippen LogP contribution in [0.2, 0.25) is 0 Å². The van der Waals surface area contributed by atoms with E-state index in [0.717, 1.165) is 23.1 Å². The maximum atomic E-state index is 13.9. The van der Waals surface area contributed by atoms with Crippen LogP contribution in [0.1, 0.15) is 22.3 Å². The molecule has 0 bridgehead atoms. The first kappa shape index (κ1) is 15.3. The fraction of sp³-hybridized carbons (Fsp3) is 0.385. The molecule has 0 radical (unpaired) electrons. The normalized spacial score (nSPS) is 22.4. The van der Waals surface area contributed by atoms with Gasteiger partial charge < -0.3 is 10.0 Å². The summed E-state index contributed by atoms with van der Waals surface area (Å²) in [5.74, 6) is -2.74. The Balaban J connectivity index is 2.29. The van der Waals surface area contributed by atoms with Crippen LogP contribution < -0.4 is 0 Å². The number of aliphatic carboxylic acids is 1. The zero-order valence-electron chi connectivity index (χ0n) is 10.7. The highest BCUT2D eigenvalue weighted by Crippen LogP contribution is 2.34. The van der Waals surface area contributed by atoms with Crippen molar-refractivity contribution >= 4 is 11.9 Å². The van der Waals surface area contributed by atoms with E-state index in [2.05, 4.69) is 0 Å². The van der Waals surface area contributed by atoms with E-state index in [1.54, 1.807) is 0 Å². The van der Waals surface area contributed by atoms with Crippen molar-refractivity contribution in [2.24, 2.45) is 0 Å². The molecule has 21 heavy (non-hydrogen) atoms. The molecule has 0 spiro atoms. The molecule has 1 heterocycles. The largest absolute Gasteiger partial charge is 0.479 e. The van der Waals surface area contributed by atoms with Gasteiger partial charge in [0, 0.05) is 13.0 Å². The molecule has 114 valence electrons. The van der Waals surface area contributed by atoms with E-state index in [-0.39, 0.29) is 6.54 Å². The number of carboxylic acid groups (broad SMARTS) is 1. The van der Waals surface area contributed by atoms with Crippen molar-refractivity contribution in [1.29, 1.82) is 0 Å². The zero-order chi connectivity index (χ0) is 15.8. The van der Waals surface area contributed by atoms with Gasteiger partial charge in [0.25, 0.3) is 5.91 Å². The van der Waals surface area contributed by atoms with Gasteiger partial charge in [-0.15, -0.1) is 0 Å². The number of carbonyl (C=O) groups is 2. The Morgan fingerprint density at radius 2 is 1.86 bits per heavy atom. The molecular formula is C13H11F4NO3. The monoisotopic (exact) mass is 305 g/mol. The number of carbonyl (C=O) groups excluding carboxylic acids is 1. The minimum Gasteiger partial charge on any atom is -0.479 e. The molecule has 0 saturated carbocycles. The molecule has 4 nitrogen and oxygen atoms in total. The molecule has 1 aliphatic rings. The SMILES string of the molecule is O=C(c1ccccc1C(F)(F)F)N1CCC(F)(C(=O)O)C1. The van der Waals surface area contributed by atoms with Crippen LogP contribution in [0.5, 0.6) is 0 Å². The Hall–Kier alpha value is -2.12. The van der Waals surface area contributed by atoms with Crippen molar-refractivity contribution in [3.8, 4) is 0 Å². The number of hydrogen-bond donors (Lipinski definition) is 1. The first-order valence-electron chi connectivity index (χ1n) is 6.03. The number of nitrogens with zero attached hydrogens (tertiary/aromatic N) is 1. The maximum Gasteiger partial charge on any atom is 0.417 e. The average molecular weight is 305 g/mol. The molecule has 1 N–H and O–H groups in total. The molecule has 0 aromatic heterocycles. The lowest BCUT2D eigenvalue weighted by Crippen LogP contribution is -2.39. The van der Waals surface area contributed by atoms with Gasteiger partial charge in [-0.25, -0.2) is 9.18 Å². The lowest BCUT2D eigenvalue weighted by Gasteiger charge is -2.20. The molecule has 8 heteroatoms. The molecule has 2 rings (SSSR count). The predicted molar refractivity (Wildman–Crippen MR) is 63.4 cm³/mol. The lowest BCUT2D eigenvalue weighted by atomic mass is 10.1. The van der Waals surface area contributed by atoms with Crippen LogP contribution in [0.25, 0.3) is 0 Å². The minimum absolute atomic E-state index is 0.242. The summed E-state index contributed by atoms with van der Waals surface area (Å²) in [6, 6.07) is 4.14. The Bertz CT molecular complexity index is 587. The zero-order valence-corrected chi connectivity index (χ0v) is 10.7. The summed E-state index contributed by atoms with van der Waals surface area (Å²) in [5.41, 5.74) is -4.34. The topological polar surface area (TPSA) is 57.6 Å². The summed E-state index contributed by atoms with van der Waals surface area (Å²) < 4.78 is 52.4. The van der Waals surface area contributed by atoms with Crippen LogP contribution in [0.3, 0.4) is 0 Å². The quantitative estimate of drug-likeness (QED) is 0.853. The smallest absolute Gasteiger partial charge is 0.417 e. The summed E-state index contributed by atoms with van der Waals surface area (Å²) in [4.78, 5) is 23.6. The van der Waals surface area contributed by atoms with Crippen LogP contribution in [0.15, 0.2) is 24.3 Å². The first-order chi connectivity index (χ1) is 9.65. The van der Waals surface area contributed by atoms with Gasteiger partial charge in [-0.2, -0.15) is 13.2 Å². The third-order valence-corrected chi connectivity index (χ3v) is 3.35. The van der Waals surface area contributed by atoms with Crippen LogP contribution in [-0.2, 0) is 11.0 Å². The molecule has 1 aliphatic heterocycles. The number of likely N-dealkylation sites (tertiary alicyclic amines) is 1. The highest BCUT2D eigenvalue weighted by atomic mass is 19.4. The third kappa shape index (κ3) is 2.84. The van der Waals surface area contributed by atoms with Crippen molar-refractivity contribution < 1.29 is 32.3 Å². The van der Waals surface area contributed by atoms with Gasteiger partial charge in [-0.3, -0.25) is 4.79 Å². The Morgan fingerprint density at radius 3 is 2.38 bits per heavy atom. The Kier molecular flexibility index (Phi) is 3.65. The molecule has 1 fully saturated rings. The molecule has 1 aromatic rings. The molecule has 0 aliphatic carbocycles. The number of benzene rings is 1. The fourth-order valence-corrected chi connectivity index (χ4v) is 2.21. The number of alkyl halides is 4. The van der Waals surface area contributed by atoms with Crippen LogP contribution >= 0.6 is 0 Å². The van der Waals surface area contributed by atoms with Crippen LogP contribution in [0, 0.1) is 0 Å². The van der Waals surface area contributed by atoms with Crippen molar-refractivity contribution in [2.45, 2.75) is 18.3 Å². The van der Waals surface area contributed by atoms with E-state index < -0.39 is 47.8 Å². The van der Waals surface area contributed by atoms with E-state index in [9.17, 15) is 27.2 Å². The van der Waals surface area contributed by atoms with E-state index >= 15 is 0 Å². The van der Waals surface area contributed by atoms with Gasteiger partial charge in [0.05, 0.1) is 17.7 Å². The van der Waals surface area contributed by atoms with Gasteiger partial charge >= 0.3 is 12.1 Å². The second kappa shape index (κ2) is 5.01. The van der Waals surface area contributed by atoms with E-state index in [0.29, 0.717) is 0 Å². The average Bonchev–Trinajstić information content (AvgIpc) is 2.81. The van der Waals surface area contributed by atoms with Crippen molar-refractivity contribution in [3.05, 3.63) is 35.4 Å². The standard InChI is InChI=1S/C13H11F4NO3/c14-12(11(20)21)5-6-18(7-12)10(19)8-3-1-2-4-9(8)13(15,16)17/h1-4H,5-7H2,(H,20,21). The van der Waals surface area contributed by atoms with E-state index in [4.69, 9.17) is 5.11 Å².